The normalized spacial score (nSPS) is 13.4. The Bertz CT molecular complexity index is 1080. The highest BCUT2D eigenvalue weighted by atomic mass is 16.6. The second-order valence-corrected chi connectivity index (χ2v) is 9.73. The lowest BCUT2D eigenvalue weighted by Crippen LogP contribution is -2.57. The summed E-state index contributed by atoms with van der Waals surface area (Å²) in [5, 5.41) is 17.0. The summed E-state index contributed by atoms with van der Waals surface area (Å²) >= 11 is 0. The van der Waals surface area contributed by atoms with Crippen molar-refractivity contribution in [1.82, 2.24) is 16.0 Å². The highest BCUT2D eigenvalue weighted by Crippen LogP contribution is 2.16. The Morgan fingerprint density at radius 1 is 0.947 bits per heavy atom. The molecule has 6 N–H and O–H groups in total. The fourth-order valence-electron chi connectivity index (χ4n) is 3.30. The van der Waals surface area contributed by atoms with Gasteiger partial charge in [-0.1, -0.05) is 42.5 Å². The maximum Gasteiger partial charge on any atom is 0.408 e. The molecule has 0 saturated heterocycles. The lowest BCUT2D eigenvalue weighted by molar-refractivity contribution is -0.132. The van der Waals surface area contributed by atoms with Crippen molar-refractivity contribution in [2.75, 3.05) is 6.54 Å². The first-order valence-electron chi connectivity index (χ1n) is 12.1. The van der Waals surface area contributed by atoms with Crippen molar-refractivity contribution in [3.63, 3.8) is 0 Å². The summed E-state index contributed by atoms with van der Waals surface area (Å²) in [5.41, 5.74) is 6.23. The molecule has 0 aromatic heterocycles. The number of nitrogens with one attached hydrogen (secondary N) is 3. The summed E-state index contributed by atoms with van der Waals surface area (Å²) in [4.78, 5) is 49.0. The van der Waals surface area contributed by atoms with Crippen molar-refractivity contribution in [2.45, 2.75) is 64.5 Å². The molecule has 3 atom stereocenters. The van der Waals surface area contributed by atoms with E-state index in [1.54, 1.807) is 45.0 Å². The van der Waals surface area contributed by atoms with E-state index < -0.39 is 54.1 Å². The average molecular weight is 529 g/mol. The van der Waals surface area contributed by atoms with E-state index in [-0.39, 0.29) is 6.42 Å². The quantitative estimate of drug-likeness (QED) is 0.275. The standard InChI is InChI=1S/C27H36N4O7/c1-17(32)23(24(28)34)31-25(35)21(30-22(33)15-29-26(36)38-27(2,3)4)14-18-10-12-20(13-11-18)37-16-19-8-6-5-7-9-19/h5-13,17,21,23,32H,14-16H2,1-4H3,(H2,28,34)(H,29,36)(H,30,33)(H,31,35)/t17-,21+,23-/m0/s1. The Morgan fingerprint density at radius 3 is 2.13 bits per heavy atom. The molecule has 0 radical (unpaired) electrons. The van der Waals surface area contributed by atoms with Gasteiger partial charge >= 0.3 is 6.09 Å². The number of carbonyl (C=O) groups excluding carboxylic acids is 4. The summed E-state index contributed by atoms with van der Waals surface area (Å²) < 4.78 is 10.9. The average Bonchev–Trinajstić information content (AvgIpc) is 2.84. The van der Waals surface area contributed by atoms with E-state index in [4.69, 9.17) is 15.2 Å². The highest BCUT2D eigenvalue weighted by Gasteiger charge is 2.29. The first-order valence-corrected chi connectivity index (χ1v) is 12.1. The highest BCUT2D eigenvalue weighted by molar-refractivity contribution is 5.92. The summed E-state index contributed by atoms with van der Waals surface area (Å²) in [6, 6.07) is 14.1. The number of aliphatic hydroxyl groups excluding tert-OH is 1. The van der Waals surface area contributed by atoms with Crippen LogP contribution in [0.3, 0.4) is 0 Å². The summed E-state index contributed by atoms with van der Waals surface area (Å²) in [6.45, 7) is 6.30. The molecule has 0 saturated carbocycles. The first-order chi connectivity index (χ1) is 17.8. The van der Waals surface area contributed by atoms with Gasteiger partial charge in [-0.3, -0.25) is 14.4 Å². The zero-order chi connectivity index (χ0) is 28.3. The van der Waals surface area contributed by atoms with Crippen LogP contribution in [0.4, 0.5) is 4.79 Å². The molecular formula is C27H36N4O7. The third kappa shape index (κ3) is 10.9. The third-order valence-electron chi connectivity index (χ3n) is 5.14. The predicted octanol–water partition coefficient (Wildman–Crippen LogP) is 1.17. The number of ether oxygens (including phenoxy) is 2. The van der Waals surface area contributed by atoms with Gasteiger partial charge in [0.15, 0.2) is 0 Å². The number of rotatable bonds is 12. The molecule has 0 unspecified atom stereocenters. The molecule has 0 bridgehead atoms. The second kappa shape index (κ2) is 14.0. The van der Waals surface area contributed by atoms with Crippen LogP contribution in [0.5, 0.6) is 5.75 Å². The van der Waals surface area contributed by atoms with Crippen LogP contribution in [0.25, 0.3) is 0 Å². The van der Waals surface area contributed by atoms with Crippen molar-refractivity contribution in [1.29, 1.82) is 0 Å². The number of aliphatic hydroxyl groups is 1. The smallest absolute Gasteiger partial charge is 0.408 e. The van der Waals surface area contributed by atoms with E-state index in [9.17, 15) is 24.3 Å². The van der Waals surface area contributed by atoms with Crippen molar-refractivity contribution >= 4 is 23.8 Å². The van der Waals surface area contributed by atoms with Gasteiger partial charge in [0.25, 0.3) is 0 Å². The van der Waals surface area contributed by atoms with Crippen LogP contribution < -0.4 is 26.4 Å². The minimum atomic E-state index is -1.35. The lowest BCUT2D eigenvalue weighted by atomic mass is 10.0. The Hall–Kier alpha value is -4.12. The molecule has 38 heavy (non-hydrogen) atoms. The molecule has 0 heterocycles. The predicted molar refractivity (Wildman–Crippen MR) is 140 cm³/mol. The van der Waals surface area contributed by atoms with Gasteiger partial charge in [0.1, 0.15) is 36.6 Å². The summed E-state index contributed by atoms with van der Waals surface area (Å²) in [5.74, 6) is -1.70. The Kier molecular flexibility index (Phi) is 11.1. The SMILES string of the molecule is C[C@H](O)[C@H](NC(=O)[C@@H](Cc1ccc(OCc2ccccc2)cc1)NC(=O)CNC(=O)OC(C)(C)C)C(N)=O. The third-order valence-corrected chi connectivity index (χ3v) is 5.14. The molecule has 11 nitrogen and oxygen atoms in total. The molecule has 2 rings (SSSR count). The number of benzene rings is 2. The number of carbonyl (C=O) groups is 4. The molecule has 0 fully saturated rings. The van der Waals surface area contributed by atoms with Crippen LogP contribution in [0.1, 0.15) is 38.8 Å². The zero-order valence-electron chi connectivity index (χ0n) is 22.0. The first kappa shape index (κ1) is 30.1. The number of primary amides is 1. The molecule has 206 valence electrons. The van der Waals surface area contributed by atoms with Crippen LogP contribution in [0, 0.1) is 0 Å². The van der Waals surface area contributed by atoms with E-state index in [1.807, 2.05) is 30.3 Å². The largest absolute Gasteiger partial charge is 0.489 e. The molecule has 0 aliphatic carbocycles. The van der Waals surface area contributed by atoms with E-state index in [0.29, 0.717) is 17.9 Å². The van der Waals surface area contributed by atoms with Gasteiger partial charge < -0.3 is 36.3 Å². The maximum absolute atomic E-state index is 13.0. The van der Waals surface area contributed by atoms with Crippen LogP contribution in [0.15, 0.2) is 54.6 Å². The van der Waals surface area contributed by atoms with Crippen LogP contribution in [-0.2, 0) is 32.1 Å². The zero-order valence-corrected chi connectivity index (χ0v) is 22.0. The monoisotopic (exact) mass is 528 g/mol. The van der Waals surface area contributed by atoms with Crippen molar-refractivity contribution in [2.24, 2.45) is 5.73 Å². The Balaban J connectivity index is 2.07. The molecule has 11 heteroatoms. The lowest BCUT2D eigenvalue weighted by Gasteiger charge is -2.24. The summed E-state index contributed by atoms with van der Waals surface area (Å²) in [6.07, 6.45) is -1.99. The summed E-state index contributed by atoms with van der Waals surface area (Å²) in [7, 11) is 0. The van der Waals surface area contributed by atoms with Crippen LogP contribution >= 0.6 is 0 Å². The molecule has 2 aromatic carbocycles. The van der Waals surface area contributed by atoms with E-state index in [2.05, 4.69) is 16.0 Å². The van der Waals surface area contributed by atoms with Crippen molar-refractivity contribution in [3.05, 3.63) is 65.7 Å². The minimum Gasteiger partial charge on any atom is -0.489 e. The maximum atomic E-state index is 13.0. The number of hydrogen-bond acceptors (Lipinski definition) is 7. The van der Waals surface area contributed by atoms with E-state index in [1.165, 1.54) is 6.92 Å². The fraction of sp³-hybridized carbons (Fsp3) is 0.407. The molecule has 0 aliphatic heterocycles. The fourth-order valence-corrected chi connectivity index (χ4v) is 3.30. The van der Waals surface area contributed by atoms with Crippen molar-refractivity contribution in [3.8, 4) is 5.75 Å². The van der Waals surface area contributed by atoms with Gasteiger partial charge in [-0.2, -0.15) is 0 Å². The topological polar surface area (TPSA) is 169 Å². The molecule has 2 aromatic rings. The molecule has 4 amide bonds. The second-order valence-electron chi connectivity index (χ2n) is 9.73. The Morgan fingerprint density at radius 2 is 1.58 bits per heavy atom. The molecular weight excluding hydrogens is 492 g/mol. The van der Waals surface area contributed by atoms with E-state index in [0.717, 1.165) is 5.56 Å². The number of amides is 4. The number of nitrogens with two attached hydrogens (primary N) is 1. The van der Waals surface area contributed by atoms with E-state index >= 15 is 0 Å². The van der Waals surface area contributed by atoms with Crippen LogP contribution in [-0.4, -0.2) is 59.3 Å². The van der Waals surface area contributed by atoms with Gasteiger partial charge in [0.05, 0.1) is 6.10 Å². The van der Waals surface area contributed by atoms with Gasteiger partial charge in [-0.15, -0.1) is 0 Å². The van der Waals surface area contributed by atoms with Gasteiger partial charge in [-0.25, -0.2) is 4.79 Å². The number of hydrogen-bond donors (Lipinski definition) is 5. The number of alkyl carbamates (subject to hydrolysis) is 1. The van der Waals surface area contributed by atoms with Crippen LogP contribution in [0.2, 0.25) is 0 Å². The van der Waals surface area contributed by atoms with Gasteiger partial charge in [0.2, 0.25) is 17.7 Å². The minimum absolute atomic E-state index is 0.0499. The van der Waals surface area contributed by atoms with Gasteiger partial charge in [0, 0.05) is 6.42 Å². The Labute approximate surface area is 222 Å². The molecule has 0 spiro atoms. The molecule has 0 aliphatic rings. The van der Waals surface area contributed by atoms with Gasteiger partial charge in [-0.05, 0) is 51.0 Å². The van der Waals surface area contributed by atoms with Crippen molar-refractivity contribution < 1.29 is 33.8 Å².